The van der Waals surface area contributed by atoms with Crippen molar-refractivity contribution in [1.29, 1.82) is 0 Å². The van der Waals surface area contributed by atoms with Crippen LogP contribution in [0.3, 0.4) is 0 Å². The highest BCUT2D eigenvalue weighted by Gasteiger charge is 2.43. The molecule has 2 nitrogen and oxygen atoms in total. The molecule has 0 spiro atoms. The summed E-state index contributed by atoms with van der Waals surface area (Å²) in [6.07, 6.45) is 3.81. The van der Waals surface area contributed by atoms with Crippen LogP contribution in [-0.2, 0) is 6.42 Å². The first kappa shape index (κ1) is 13.1. The van der Waals surface area contributed by atoms with Crippen molar-refractivity contribution in [1.82, 2.24) is 10.3 Å². The van der Waals surface area contributed by atoms with Crippen LogP contribution >= 0.6 is 11.3 Å². The fourth-order valence-electron chi connectivity index (χ4n) is 2.36. The molecular formula is C16H22N2S. The summed E-state index contributed by atoms with van der Waals surface area (Å²) < 4.78 is 1.32. The summed E-state index contributed by atoms with van der Waals surface area (Å²) in [5.74, 6) is 0. The van der Waals surface area contributed by atoms with Crippen molar-refractivity contribution >= 4 is 21.6 Å². The van der Waals surface area contributed by atoms with E-state index in [4.69, 9.17) is 4.98 Å². The molecule has 0 amide bonds. The molecule has 3 heteroatoms. The van der Waals surface area contributed by atoms with Gasteiger partial charge in [0.05, 0.1) is 15.2 Å². The van der Waals surface area contributed by atoms with Gasteiger partial charge in [-0.2, -0.15) is 0 Å². The molecule has 1 aromatic heterocycles. The van der Waals surface area contributed by atoms with Crippen LogP contribution in [0.2, 0.25) is 0 Å². The highest BCUT2D eigenvalue weighted by atomic mass is 32.1. The maximum absolute atomic E-state index is 4.77. The monoisotopic (exact) mass is 274 g/mol. The van der Waals surface area contributed by atoms with Crippen LogP contribution < -0.4 is 5.32 Å². The van der Waals surface area contributed by atoms with E-state index in [2.05, 4.69) is 50.4 Å². The second kappa shape index (κ2) is 4.57. The van der Waals surface area contributed by atoms with E-state index in [-0.39, 0.29) is 5.54 Å². The van der Waals surface area contributed by atoms with Gasteiger partial charge in [0.25, 0.3) is 0 Å². The second-order valence-electron chi connectivity index (χ2n) is 6.86. The normalized spacial score (nSPS) is 17.8. The molecule has 0 saturated heterocycles. The van der Waals surface area contributed by atoms with Gasteiger partial charge < -0.3 is 5.32 Å². The molecular weight excluding hydrogens is 252 g/mol. The Bertz CT molecular complexity index is 543. The Labute approximate surface area is 119 Å². The van der Waals surface area contributed by atoms with Crippen LogP contribution in [0.5, 0.6) is 0 Å². The Morgan fingerprint density at radius 1 is 1.26 bits per heavy atom. The quantitative estimate of drug-likeness (QED) is 0.911. The Kier molecular flexibility index (Phi) is 3.14. The Morgan fingerprint density at radius 2 is 2.00 bits per heavy atom. The number of hydrogen-bond acceptors (Lipinski definition) is 3. The standard InChI is InChI=1S/C16H22N2S/c1-15(2,3)17-11-16(8-9-16)10-14-18-12-6-4-5-7-13(12)19-14/h4-7,17H,8-11H2,1-3H3. The van der Waals surface area contributed by atoms with Gasteiger partial charge in [-0.05, 0) is 51.2 Å². The summed E-state index contributed by atoms with van der Waals surface area (Å²) in [5, 5.41) is 4.96. The van der Waals surface area contributed by atoms with E-state index in [9.17, 15) is 0 Å². The zero-order valence-corrected chi connectivity index (χ0v) is 12.8. The number of rotatable bonds is 4. The van der Waals surface area contributed by atoms with E-state index < -0.39 is 0 Å². The van der Waals surface area contributed by atoms with Gasteiger partial charge in [-0.25, -0.2) is 4.98 Å². The van der Waals surface area contributed by atoms with E-state index in [1.165, 1.54) is 22.5 Å². The molecule has 3 rings (SSSR count). The second-order valence-corrected chi connectivity index (χ2v) is 7.97. The highest BCUT2D eigenvalue weighted by Crippen LogP contribution is 2.48. The number of fused-ring (bicyclic) bond motifs is 1. The lowest BCUT2D eigenvalue weighted by molar-refractivity contribution is 0.356. The van der Waals surface area contributed by atoms with Crippen LogP contribution in [0.15, 0.2) is 24.3 Å². The summed E-state index contributed by atoms with van der Waals surface area (Å²) >= 11 is 1.86. The zero-order chi connectivity index (χ0) is 13.5. The third-order valence-corrected chi connectivity index (χ3v) is 4.85. The van der Waals surface area contributed by atoms with Gasteiger partial charge in [0, 0.05) is 18.5 Å². The van der Waals surface area contributed by atoms with Crippen molar-refractivity contribution in [2.75, 3.05) is 6.54 Å². The molecule has 1 N–H and O–H groups in total. The minimum Gasteiger partial charge on any atom is -0.312 e. The molecule has 1 heterocycles. The van der Waals surface area contributed by atoms with E-state index in [1.54, 1.807) is 0 Å². The molecule has 1 aromatic carbocycles. The molecule has 0 radical (unpaired) electrons. The number of nitrogens with one attached hydrogen (secondary N) is 1. The SMILES string of the molecule is CC(C)(C)NCC1(Cc2nc3ccccc3s2)CC1. The maximum Gasteiger partial charge on any atom is 0.0944 e. The minimum atomic E-state index is 0.211. The van der Waals surface area contributed by atoms with Gasteiger partial charge in [-0.1, -0.05) is 12.1 Å². The van der Waals surface area contributed by atoms with E-state index in [0.717, 1.165) is 18.5 Å². The Morgan fingerprint density at radius 3 is 2.63 bits per heavy atom. The first-order chi connectivity index (χ1) is 8.96. The number of para-hydroxylation sites is 1. The van der Waals surface area contributed by atoms with Crippen LogP contribution in [-0.4, -0.2) is 17.1 Å². The van der Waals surface area contributed by atoms with Gasteiger partial charge >= 0.3 is 0 Å². The number of benzene rings is 1. The van der Waals surface area contributed by atoms with Gasteiger partial charge in [0.15, 0.2) is 0 Å². The van der Waals surface area contributed by atoms with Crippen molar-refractivity contribution in [2.45, 2.75) is 45.6 Å². The van der Waals surface area contributed by atoms with Gasteiger partial charge in [0.2, 0.25) is 0 Å². The molecule has 0 bridgehead atoms. The van der Waals surface area contributed by atoms with E-state index >= 15 is 0 Å². The topological polar surface area (TPSA) is 24.9 Å². The van der Waals surface area contributed by atoms with Crippen molar-refractivity contribution in [2.24, 2.45) is 5.41 Å². The third kappa shape index (κ3) is 3.15. The largest absolute Gasteiger partial charge is 0.312 e. The summed E-state index contributed by atoms with van der Waals surface area (Å²) in [6, 6.07) is 8.45. The van der Waals surface area contributed by atoms with E-state index in [1.807, 2.05) is 11.3 Å². The van der Waals surface area contributed by atoms with E-state index in [0.29, 0.717) is 5.41 Å². The number of hydrogen-bond donors (Lipinski definition) is 1. The van der Waals surface area contributed by atoms with Crippen molar-refractivity contribution < 1.29 is 0 Å². The summed E-state index contributed by atoms with van der Waals surface area (Å²) in [4.78, 5) is 4.77. The van der Waals surface area contributed by atoms with Crippen molar-refractivity contribution in [3.63, 3.8) is 0 Å². The van der Waals surface area contributed by atoms with Gasteiger partial charge in [-0.3, -0.25) is 0 Å². The predicted octanol–water partition coefficient (Wildman–Crippen LogP) is 4.01. The summed E-state index contributed by atoms with van der Waals surface area (Å²) in [6.45, 7) is 7.83. The molecule has 0 aliphatic heterocycles. The average molecular weight is 274 g/mol. The first-order valence-corrected chi connectivity index (χ1v) is 7.87. The lowest BCUT2D eigenvalue weighted by atomic mass is 10.0. The van der Waals surface area contributed by atoms with Crippen LogP contribution in [0.4, 0.5) is 0 Å². The summed E-state index contributed by atoms with van der Waals surface area (Å²) in [5.41, 5.74) is 1.84. The van der Waals surface area contributed by atoms with Crippen LogP contribution in [0.25, 0.3) is 10.2 Å². The molecule has 1 aliphatic rings. The third-order valence-electron chi connectivity index (χ3n) is 3.82. The minimum absolute atomic E-state index is 0.211. The molecule has 2 aromatic rings. The molecule has 1 saturated carbocycles. The van der Waals surface area contributed by atoms with Gasteiger partial charge in [-0.15, -0.1) is 11.3 Å². The first-order valence-electron chi connectivity index (χ1n) is 7.05. The fourth-order valence-corrected chi connectivity index (χ4v) is 3.50. The van der Waals surface area contributed by atoms with Crippen LogP contribution in [0.1, 0.15) is 38.6 Å². The highest BCUT2D eigenvalue weighted by molar-refractivity contribution is 7.18. The average Bonchev–Trinajstić information content (AvgIpc) is 2.97. The lowest BCUT2D eigenvalue weighted by Gasteiger charge is -2.24. The van der Waals surface area contributed by atoms with Crippen molar-refractivity contribution in [3.8, 4) is 0 Å². The fraction of sp³-hybridized carbons (Fsp3) is 0.562. The van der Waals surface area contributed by atoms with Crippen LogP contribution in [0, 0.1) is 5.41 Å². The molecule has 102 valence electrons. The van der Waals surface area contributed by atoms with Gasteiger partial charge in [0.1, 0.15) is 0 Å². The summed E-state index contributed by atoms with van der Waals surface area (Å²) in [7, 11) is 0. The lowest BCUT2D eigenvalue weighted by Crippen LogP contribution is -2.40. The maximum atomic E-state index is 4.77. The number of aromatic nitrogens is 1. The smallest absolute Gasteiger partial charge is 0.0944 e. The molecule has 1 fully saturated rings. The van der Waals surface area contributed by atoms with Crippen molar-refractivity contribution in [3.05, 3.63) is 29.3 Å². The number of nitrogens with zero attached hydrogens (tertiary/aromatic N) is 1. The number of thiazole rings is 1. The molecule has 1 aliphatic carbocycles. The molecule has 0 unspecified atom stereocenters. The zero-order valence-electron chi connectivity index (χ0n) is 12.0. The molecule has 0 atom stereocenters. The Balaban J connectivity index is 1.70. The Hall–Kier alpha value is -0.930. The predicted molar refractivity (Wildman–Crippen MR) is 82.7 cm³/mol. The molecule has 19 heavy (non-hydrogen) atoms.